The highest BCUT2D eigenvalue weighted by Gasteiger charge is 2.51. The Hall–Kier alpha value is -1.55. The van der Waals surface area contributed by atoms with Crippen LogP contribution in [0.4, 0.5) is 0 Å². The van der Waals surface area contributed by atoms with E-state index in [2.05, 4.69) is 39.3 Å². The molecular weight excluding hydrogens is 378 g/mol. The van der Waals surface area contributed by atoms with Crippen LogP contribution in [-0.4, -0.2) is 11.4 Å². The Morgan fingerprint density at radius 3 is 2.32 bits per heavy atom. The van der Waals surface area contributed by atoms with E-state index < -0.39 is 0 Å². The lowest BCUT2D eigenvalue weighted by Gasteiger charge is -2.57. The van der Waals surface area contributed by atoms with Crippen molar-refractivity contribution in [2.24, 2.45) is 22.9 Å². The zero-order chi connectivity index (χ0) is 17.0. The number of benzene rings is 1. The van der Waals surface area contributed by atoms with Gasteiger partial charge in [-0.15, -0.1) is 0 Å². The molecule has 0 amide bonds. The molecule has 4 saturated carbocycles. The molecule has 0 atom stereocenters. The Morgan fingerprint density at radius 1 is 1.04 bits per heavy atom. The van der Waals surface area contributed by atoms with Gasteiger partial charge in [0.1, 0.15) is 17.7 Å². The third-order valence-corrected chi connectivity index (χ3v) is 7.35. The van der Waals surface area contributed by atoms with Crippen molar-refractivity contribution in [2.45, 2.75) is 43.9 Å². The van der Waals surface area contributed by atoms with Crippen LogP contribution in [0.5, 0.6) is 0 Å². The molecule has 6 rings (SSSR count). The molecule has 0 unspecified atom stereocenters. The molecule has 1 N–H and O–H groups in total. The van der Waals surface area contributed by atoms with Crippen LogP contribution in [-0.2, 0) is 5.41 Å². The van der Waals surface area contributed by atoms with Crippen LogP contribution in [0, 0.1) is 17.8 Å². The summed E-state index contributed by atoms with van der Waals surface area (Å²) < 4.78 is 6.83. The summed E-state index contributed by atoms with van der Waals surface area (Å²) in [4.78, 5) is 0. The van der Waals surface area contributed by atoms with Crippen molar-refractivity contribution >= 4 is 22.1 Å². The van der Waals surface area contributed by atoms with Gasteiger partial charge in [0.25, 0.3) is 0 Å². The fourth-order valence-corrected chi connectivity index (χ4v) is 6.71. The molecule has 4 fully saturated rings. The molecule has 1 heterocycles. The highest BCUT2D eigenvalue weighted by Crippen LogP contribution is 2.61. The average Bonchev–Trinajstić information content (AvgIpc) is 3.02. The zero-order valence-corrected chi connectivity index (χ0v) is 15.7. The van der Waals surface area contributed by atoms with Crippen LogP contribution >= 0.6 is 15.9 Å². The molecule has 3 nitrogen and oxygen atoms in total. The first-order valence-corrected chi connectivity index (χ1v) is 10.0. The van der Waals surface area contributed by atoms with E-state index in [-0.39, 0.29) is 0 Å². The monoisotopic (exact) mass is 399 g/mol. The van der Waals surface area contributed by atoms with E-state index in [0.717, 1.165) is 33.6 Å². The van der Waals surface area contributed by atoms with E-state index in [1.807, 2.05) is 12.1 Å². The van der Waals surface area contributed by atoms with E-state index in [4.69, 9.17) is 9.62 Å². The van der Waals surface area contributed by atoms with Gasteiger partial charge in [-0.1, -0.05) is 27.2 Å². The van der Waals surface area contributed by atoms with Crippen molar-refractivity contribution in [3.8, 4) is 11.3 Å². The second kappa shape index (κ2) is 5.73. The number of nitrogens with zero attached hydrogens (tertiary/aromatic N) is 1. The Balaban J connectivity index is 1.49. The molecule has 0 radical (unpaired) electrons. The summed E-state index contributed by atoms with van der Waals surface area (Å²) in [6, 6.07) is 10.5. The fourth-order valence-electron chi connectivity index (χ4n) is 6.13. The lowest BCUT2D eigenvalue weighted by atomic mass is 9.48. The third-order valence-electron chi connectivity index (χ3n) is 6.70. The summed E-state index contributed by atoms with van der Waals surface area (Å²) in [6.07, 6.45) is 9.86. The number of furan rings is 1. The van der Waals surface area contributed by atoms with Gasteiger partial charge in [-0.05, 0) is 91.5 Å². The average molecular weight is 400 g/mol. The summed E-state index contributed by atoms with van der Waals surface area (Å²) in [5.74, 6) is 4.20. The first-order chi connectivity index (χ1) is 12.1. The largest absolute Gasteiger partial charge is 0.455 e. The molecule has 130 valence electrons. The van der Waals surface area contributed by atoms with Crippen LogP contribution < -0.4 is 0 Å². The molecule has 4 bridgehead atoms. The summed E-state index contributed by atoms with van der Waals surface area (Å²) in [6.45, 7) is 0. The van der Waals surface area contributed by atoms with Gasteiger partial charge in [-0.2, -0.15) is 0 Å². The summed E-state index contributed by atoms with van der Waals surface area (Å²) in [7, 11) is 0. The van der Waals surface area contributed by atoms with Gasteiger partial charge in [0.05, 0.1) is 0 Å². The number of halogens is 1. The molecule has 4 aliphatic carbocycles. The Labute approximate surface area is 156 Å². The van der Waals surface area contributed by atoms with E-state index in [9.17, 15) is 0 Å². The van der Waals surface area contributed by atoms with Crippen molar-refractivity contribution in [1.29, 1.82) is 0 Å². The molecule has 0 aliphatic heterocycles. The number of rotatable bonds is 3. The smallest absolute Gasteiger partial charge is 0.149 e. The normalized spacial score (nSPS) is 33.4. The maximum Gasteiger partial charge on any atom is 0.149 e. The summed E-state index contributed by atoms with van der Waals surface area (Å²) in [5.41, 5.74) is 2.96. The molecule has 1 aromatic carbocycles. The highest BCUT2D eigenvalue weighted by atomic mass is 79.9. The maximum atomic E-state index is 8.64. The van der Waals surface area contributed by atoms with E-state index >= 15 is 0 Å². The molecule has 0 saturated heterocycles. The van der Waals surface area contributed by atoms with Gasteiger partial charge >= 0.3 is 0 Å². The molecule has 25 heavy (non-hydrogen) atoms. The van der Waals surface area contributed by atoms with Crippen LogP contribution in [0.15, 0.2) is 44.4 Å². The lowest BCUT2D eigenvalue weighted by molar-refractivity contribution is -0.00520. The quantitative estimate of drug-likeness (QED) is 0.391. The van der Waals surface area contributed by atoms with Crippen LogP contribution in [0.3, 0.4) is 0 Å². The second-order valence-corrected chi connectivity index (χ2v) is 9.19. The highest BCUT2D eigenvalue weighted by molar-refractivity contribution is 9.10. The predicted octanol–water partition coefficient (Wildman–Crippen LogP) is 5.99. The standard InChI is InChI=1S/C21H22BrNO2/c22-19-8-16(1-3-18(19)20-4-2-17(25-20)12-23-24)21-9-13-5-14(10-21)7-15(6-13)11-21/h1-4,8,12-15,24H,5-7,9-11H2/b23-12-. The van der Waals surface area contributed by atoms with Crippen molar-refractivity contribution in [2.75, 3.05) is 0 Å². The van der Waals surface area contributed by atoms with Crippen molar-refractivity contribution in [1.82, 2.24) is 0 Å². The number of hydrogen-bond acceptors (Lipinski definition) is 3. The zero-order valence-electron chi connectivity index (χ0n) is 14.1. The third kappa shape index (κ3) is 2.57. The first kappa shape index (κ1) is 15.7. The topological polar surface area (TPSA) is 45.7 Å². The van der Waals surface area contributed by atoms with Crippen molar-refractivity contribution < 1.29 is 9.62 Å². The molecule has 1 aromatic heterocycles. The summed E-state index contributed by atoms with van der Waals surface area (Å²) >= 11 is 3.77. The van der Waals surface area contributed by atoms with Gasteiger partial charge in [-0.25, -0.2) is 0 Å². The maximum absolute atomic E-state index is 8.64. The van der Waals surface area contributed by atoms with Gasteiger partial charge in [0.15, 0.2) is 0 Å². The minimum atomic E-state index is 0.410. The fraction of sp³-hybridized carbons (Fsp3) is 0.476. The van der Waals surface area contributed by atoms with Crippen LogP contribution in [0.25, 0.3) is 11.3 Å². The van der Waals surface area contributed by atoms with E-state index in [1.54, 1.807) is 0 Å². The predicted molar refractivity (Wildman–Crippen MR) is 101 cm³/mol. The SMILES string of the molecule is O/N=C\c1ccc(-c2ccc(C34CC5CC(CC(C5)C3)C4)cc2Br)o1. The Morgan fingerprint density at radius 2 is 1.72 bits per heavy atom. The molecule has 0 spiro atoms. The van der Waals surface area contributed by atoms with E-state index in [0.29, 0.717) is 11.2 Å². The van der Waals surface area contributed by atoms with E-state index in [1.165, 1.54) is 50.3 Å². The van der Waals surface area contributed by atoms with Crippen molar-refractivity contribution in [3.05, 3.63) is 46.1 Å². The van der Waals surface area contributed by atoms with Gasteiger partial charge in [0, 0.05) is 10.0 Å². The molecular formula is C21H22BrNO2. The number of oxime groups is 1. The van der Waals surface area contributed by atoms with Crippen molar-refractivity contribution in [3.63, 3.8) is 0 Å². The van der Waals surface area contributed by atoms with Gasteiger partial charge < -0.3 is 9.62 Å². The Bertz CT molecular complexity index is 803. The van der Waals surface area contributed by atoms with Gasteiger partial charge in [-0.3, -0.25) is 0 Å². The molecule has 2 aromatic rings. The number of hydrogen-bond donors (Lipinski definition) is 1. The second-order valence-electron chi connectivity index (χ2n) is 8.34. The summed E-state index contributed by atoms with van der Waals surface area (Å²) in [5, 5.41) is 11.7. The van der Waals surface area contributed by atoms with Gasteiger partial charge in [0.2, 0.25) is 0 Å². The lowest BCUT2D eigenvalue weighted by Crippen LogP contribution is -2.48. The van der Waals surface area contributed by atoms with Crippen LogP contribution in [0.1, 0.15) is 49.8 Å². The minimum Gasteiger partial charge on any atom is -0.455 e. The van der Waals surface area contributed by atoms with Crippen LogP contribution in [0.2, 0.25) is 0 Å². The minimum absolute atomic E-state index is 0.410. The molecule has 4 aliphatic rings. The first-order valence-electron chi connectivity index (χ1n) is 9.23. The molecule has 4 heteroatoms. The Kier molecular flexibility index (Phi) is 3.60.